The third-order valence-corrected chi connectivity index (χ3v) is 11.0. The number of carbonyl (C=O) groups is 5. The molecule has 5 heterocycles. The molecule has 4 amide bonds. The predicted molar refractivity (Wildman–Crippen MR) is 195 cm³/mol. The number of carboxylic acids is 1. The van der Waals surface area contributed by atoms with Crippen LogP contribution in [0.15, 0.2) is 51.1 Å². The zero-order valence-electron chi connectivity index (χ0n) is 28.8. The molecule has 1 aromatic carbocycles. The van der Waals surface area contributed by atoms with Crippen molar-refractivity contribution in [3.05, 3.63) is 63.7 Å². The number of nitrogens with two attached hydrogens (primary N) is 1. The number of aliphatic carboxylic acids is 1. The Bertz CT molecular complexity index is 2310. The molecule has 288 valence electrons. The SMILES string of the molecule is Cc1cc(SCC2=C(C(=O)O)N3C(=O)C(NC(=O)C(=NOC(C)(C)C(=O)NNC(=O)c4ccc(O)c(O)c4)c4csc(N)n4)[C@@H]3SC2)n2nc(CO)nc2n1. The van der Waals surface area contributed by atoms with Gasteiger partial charge in [-0.3, -0.25) is 34.9 Å². The molecule has 2 aliphatic heterocycles. The largest absolute Gasteiger partial charge is 0.504 e. The molecule has 0 spiro atoms. The minimum atomic E-state index is -1.81. The Kier molecular flexibility index (Phi) is 10.8. The van der Waals surface area contributed by atoms with Crippen molar-refractivity contribution in [3.8, 4) is 11.5 Å². The number of thiazole rings is 1. The van der Waals surface area contributed by atoms with Crippen molar-refractivity contribution in [1.82, 2.24) is 45.6 Å². The van der Waals surface area contributed by atoms with Crippen molar-refractivity contribution in [2.45, 2.75) is 49.4 Å². The Labute approximate surface area is 322 Å². The van der Waals surface area contributed by atoms with Crippen LogP contribution >= 0.6 is 34.9 Å². The highest BCUT2D eigenvalue weighted by molar-refractivity contribution is 8.01. The molecule has 0 aliphatic carbocycles. The summed E-state index contributed by atoms with van der Waals surface area (Å²) in [4.78, 5) is 84.1. The van der Waals surface area contributed by atoms with Crippen LogP contribution in [-0.4, -0.2) is 114 Å². The number of nitrogen functional groups attached to an aromatic ring is 1. The smallest absolute Gasteiger partial charge is 0.352 e. The van der Waals surface area contributed by atoms with Gasteiger partial charge in [0.1, 0.15) is 34.4 Å². The molecule has 9 N–H and O–H groups in total. The number of hydrogen-bond acceptors (Lipinski definition) is 18. The number of carboxylic acid groups (broad SMARTS) is 1. The molecule has 1 saturated heterocycles. The molecular weight excluding hydrogens is 783 g/mol. The first kappa shape index (κ1) is 38.7. The van der Waals surface area contributed by atoms with Crippen LogP contribution in [0.2, 0.25) is 0 Å². The summed E-state index contributed by atoms with van der Waals surface area (Å²) in [5.74, 6) is -4.86. The second kappa shape index (κ2) is 15.4. The Balaban J connectivity index is 1.14. The molecule has 1 fully saturated rings. The van der Waals surface area contributed by atoms with Crippen LogP contribution in [0.1, 0.15) is 41.4 Å². The van der Waals surface area contributed by atoms with Gasteiger partial charge in [-0.1, -0.05) is 5.16 Å². The summed E-state index contributed by atoms with van der Waals surface area (Å²) in [6.45, 7) is 3.94. The lowest BCUT2D eigenvalue weighted by Crippen LogP contribution is -2.71. The van der Waals surface area contributed by atoms with E-state index < -0.39 is 63.8 Å². The van der Waals surface area contributed by atoms with Gasteiger partial charge in [0, 0.05) is 28.1 Å². The van der Waals surface area contributed by atoms with Gasteiger partial charge in [-0.2, -0.15) is 9.50 Å². The second-order valence-corrected chi connectivity index (χ2v) is 15.3. The first-order valence-electron chi connectivity index (χ1n) is 15.9. The van der Waals surface area contributed by atoms with E-state index in [1.54, 1.807) is 13.0 Å². The average molecular weight is 814 g/mol. The van der Waals surface area contributed by atoms with Gasteiger partial charge in [0.2, 0.25) is 5.60 Å². The van der Waals surface area contributed by atoms with Gasteiger partial charge in [0.25, 0.3) is 29.4 Å². The molecule has 2 atom stereocenters. The first-order valence-corrected chi connectivity index (χ1v) is 18.8. The maximum absolute atomic E-state index is 13.6. The lowest BCUT2D eigenvalue weighted by Gasteiger charge is -2.49. The zero-order valence-corrected chi connectivity index (χ0v) is 31.3. The standard InChI is InChI=1S/C31H31N11O10S3/c1-12-6-19(42-30(33-12)35-18(8-43)39-42)53-9-14-10-54-26-21(25(48)41(26)22(14)27(49)50)36-24(47)20(15-11-55-29(32)34-15)40-52-31(2,3)28(51)38-37-23(46)13-4-5-16(44)17(45)7-13/h4-7,11,21,26,43-45H,8-10H2,1-3H3,(H2,32,34)(H,36,47)(H,37,46)(H,38,51)(H,49,50)/t21?,26-/m0/s1. The molecule has 4 aromatic rings. The number of nitrogens with one attached hydrogen (secondary N) is 3. The Morgan fingerprint density at radius 2 is 1.89 bits per heavy atom. The number of nitrogens with zero attached hydrogens (tertiary/aromatic N) is 7. The second-order valence-electron chi connectivity index (χ2n) is 12.3. The van der Waals surface area contributed by atoms with Gasteiger partial charge in [-0.15, -0.1) is 40.0 Å². The van der Waals surface area contributed by atoms with Crippen LogP contribution in [0.5, 0.6) is 11.5 Å². The lowest BCUT2D eigenvalue weighted by atomic mass is 10.0. The number of aliphatic hydroxyl groups is 1. The van der Waals surface area contributed by atoms with E-state index in [1.807, 2.05) is 0 Å². The summed E-state index contributed by atoms with van der Waals surface area (Å²) in [5.41, 5.74) is 8.56. The topological polar surface area (TPSA) is 309 Å². The van der Waals surface area contributed by atoms with Crippen molar-refractivity contribution in [2.75, 3.05) is 17.2 Å². The summed E-state index contributed by atoms with van der Waals surface area (Å²) in [6, 6.07) is 3.85. The molecule has 3 aromatic heterocycles. The minimum Gasteiger partial charge on any atom is -0.504 e. The number of phenols is 2. The maximum Gasteiger partial charge on any atom is 0.352 e. The lowest BCUT2D eigenvalue weighted by molar-refractivity contribution is -0.150. The van der Waals surface area contributed by atoms with Crippen LogP contribution < -0.4 is 21.9 Å². The number of hydrogen-bond donors (Lipinski definition) is 8. The molecule has 0 bridgehead atoms. The van der Waals surface area contributed by atoms with Crippen molar-refractivity contribution in [3.63, 3.8) is 0 Å². The highest BCUT2D eigenvalue weighted by atomic mass is 32.2. The summed E-state index contributed by atoms with van der Waals surface area (Å²) in [6.07, 6.45) is 0. The molecule has 0 saturated carbocycles. The van der Waals surface area contributed by atoms with E-state index in [0.717, 1.165) is 28.4 Å². The molecule has 55 heavy (non-hydrogen) atoms. The van der Waals surface area contributed by atoms with Gasteiger partial charge in [-0.25, -0.2) is 14.8 Å². The van der Waals surface area contributed by atoms with E-state index in [1.165, 1.54) is 53.3 Å². The Morgan fingerprint density at radius 1 is 1.13 bits per heavy atom. The van der Waals surface area contributed by atoms with Gasteiger partial charge in [-0.05, 0) is 50.6 Å². The van der Waals surface area contributed by atoms with Gasteiger partial charge >= 0.3 is 5.97 Å². The summed E-state index contributed by atoms with van der Waals surface area (Å²) in [5, 5.41) is 50.7. The number of aliphatic hydroxyl groups excluding tert-OH is 1. The highest BCUT2D eigenvalue weighted by Gasteiger charge is 2.54. The summed E-state index contributed by atoms with van der Waals surface area (Å²) in [7, 11) is 0. The van der Waals surface area contributed by atoms with Crippen molar-refractivity contribution in [2.24, 2.45) is 5.16 Å². The Morgan fingerprint density at radius 3 is 2.56 bits per heavy atom. The van der Waals surface area contributed by atoms with Crippen LogP contribution in [0.3, 0.4) is 0 Å². The number of aryl methyl sites for hydroxylation is 1. The molecule has 6 rings (SSSR count). The van der Waals surface area contributed by atoms with Crippen LogP contribution in [0.4, 0.5) is 5.13 Å². The quantitative estimate of drug-likeness (QED) is 0.0231. The summed E-state index contributed by atoms with van der Waals surface area (Å²) < 4.78 is 1.44. The molecule has 0 radical (unpaired) electrons. The number of anilines is 1. The maximum atomic E-state index is 13.6. The number of oxime groups is 1. The number of β-lactam (4-membered cyclic amide) rings is 1. The van der Waals surface area contributed by atoms with Crippen molar-refractivity contribution in [1.29, 1.82) is 0 Å². The van der Waals surface area contributed by atoms with Crippen molar-refractivity contribution >= 4 is 81.1 Å². The normalized spacial score (nSPS) is 17.1. The van der Waals surface area contributed by atoms with Gasteiger partial charge in [0.05, 0.1) is 0 Å². The fraction of sp³-hybridized carbons (Fsp3) is 0.290. The molecular formula is C31H31N11O10S3. The fourth-order valence-electron chi connectivity index (χ4n) is 5.13. The zero-order chi connectivity index (χ0) is 39.8. The van der Waals surface area contributed by atoms with E-state index in [2.05, 4.69) is 41.4 Å². The molecule has 24 heteroatoms. The monoisotopic (exact) mass is 813 g/mol. The molecule has 21 nitrogen and oxygen atoms in total. The van der Waals surface area contributed by atoms with Crippen LogP contribution in [0.25, 0.3) is 5.78 Å². The number of aromatic hydroxyl groups is 2. The number of hydrazine groups is 1. The predicted octanol–water partition coefficient (Wildman–Crippen LogP) is -0.134. The number of fused-ring (bicyclic) bond motifs is 2. The summed E-state index contributed by atoms with van der Waals surface area (Å²) >= 11 is 3.48. The number of phenolic OH excluding ortho intramolecular Hbond substituents is 2. The van der Waals surface area contributed by atoms with Crippen LogP contribution in [-0.2, 0) is 30.6 Å². The molecule has 1 unspecified atom stereocenters. The highest BCUT2D eigenvalue weighted by Crippen LogP contribution is 2.41. The number of benzene rings is 1. The van der Waals surface area contributed by atoms with E-state index in [-0.39, 0.29) is 51.8 Å². The van der Waals surface area contributed by atoms with Gasteiger partial charge < -0.3 is 36.3 Å². The van der Waals surface area contributed by atoms with E-state index in [4.69, 9.17) is 10.6 Å². The van der Waals surface area contributed by atoms with E-state index >= 15 is 0 Å². The number of thioether (sulfide) groups is 2. The number of aromatic nitrogens is 5. The average Bonchev–Trinajstić information content (AvgIpc) is 3.77. The first-order chi connectivity index (χ1) is 26.1. The number of carbonyl (C=O) groups excluding carboxylic acids is 4. The number of amides is 4. The molecule has 2 aliphatic rings. The minimum absolute atomic E-state index is 0.0408. The van der Waals surface area contributed by atoms with E-state index in [9.17, 15) is 44.4 Å². The van der Waals surface area contributed by atoms with Gasteiger partial charge in [0.15, 0.2) is 28.2 Å². The van der Waals surface area contributed by atoms with Crippen molar-refractivity contribution < 1.29 is 49.2 Å². The Hall–Kier alpha value is -5.98. The van der Waals surface area contributed by atoms with Crippen LogP contribution in [0, 0.1) is 6.92 Å². The fourth-order valence-corrected chi connectivity index (χ4v) is 8.22. The third-order valence-electron chi connectivity index (χ3n) is 7.94. The van der Waals surface area contributed by atoms with E-state index in [0.29, 0.717) is 16.3 Å². The third kappa shape index (κ3) is 7.96. The number of rotatable bonds is 12.